The average molecular weight is 415 g/mol. The van der Waals surface area contributed by atoms with Gasteiger partial charge in [-0.2, -0.15) is 5.26 Å². The van der Waals surface area contributed by atoms with Gasteiger partial charge in [0.15, 0.2) is 0 Å². The van der Waals surface area contributed by atoms with Crippen molar-refractivity contribution in [1.82, 2.24) is 4.98 Å². The molecule has 0 fully saturated rings. The van der Waals surface area contributed by atoms with E-state index in [1.165, 1.54) is 0 Å². The number of hydrogen-bond donors (Lipinski definition) is 2. The van der Waals surface area contributed by atoms with Crippen LogP contribution in [-0.2, 0) is 6.61 Å². The molecule has 3 aromatic carbocycles. The molecule has 0 atom stereocenters. The van der Waals surface area contributed by atoms with Crippen LogP contribution < -0.4 is 15.8 Å². The zero-order valence-corrected chi connectivity index (χ0v) is 17.1. The Hall–Kier alpha value is -3.75. The molecule has 0 saturated heterocycles. The number of aryl methyl sites for hydroxylation is 1. The number of ether oxygens (including phenoxy) is 1. The Morgan fingerprint density at radius 1 is 1.13 bits per heavy atom. The number of nitrogens with one attached hydrogen (secondary N) is 1. The molecule has 0 aliphatic heterocycles. The van der Waals surface area contributed by atoms with Crippen LogP contribution in [0.1, 0.15) is 16.7 Å². The lowest BCUT2D eigenvalue weighted by Crippen LogP contribution is -2.00. The molecule has 0 unspecified atom stereocenters. The summed E-state index contributed by atoms with van der Waals surface area (Å²) >= 11 is 6.44. The maximum atomic E-state index is 9.55. The van der Waals surface area contributed by atoms with Gasteiger partial charge in [0.05, 0.1) is 21.8 Å². The molecule has 4 rings (SSSR count). The molecule has 1 aromatic heterocycles. The lowest BCUT2D eigenvalue weighted by Gasteiger charge is -2.14. The summed E-state index contributed by atoms with van der Waals surface area (Å²) in [6, 6.07) is 21.2. The normalized spacial score (nSPS) is 10.6. The first-order valence-electron chi connectivity index (χ1n) is 9.37. The molecule has 4 aromatic rings. The number of halogens is 1. The van der Waals surface area contributed by atoms with Crippen molar-refractivity contribution >= 4 is 39.6 Å². The second-order valence-corrected chi connectivity index (χ2v) is 7.34. The predicted molar refractivity (Wildman–Crippen MR) is 121 cm³/mol. The lowest BCUT2D eigenvalue weighted by molar-refractivity contribution is 0.306. The number of nitrogen functional groups attached to an aromatic ring is 1. The summed E-state index contributed by atoms with van der Waals surface area (Å²) in [6.07, 6.45) is 1.55. The summed E-state index contributed by atoms with van der Waals surface area (Å²) in [7, 11) is 0. The van der Waals surface area contributed by atoms with E-state index in [0.29, 0.717) is 34.3 Å². The fourth-order valence-electron chi connectivity index (χ4n) is 3.15. The van der Waals surface area contributed by atoms with Crippen molar-refractivity contribution in [1.29, 1.82) is 5.26 Å². The second kappa shape index (κ2) is 8.32. The summed E-state index contributed by atoms with van der Waals surface area (Å²) in [4.78, 5) is 4.38. The van der Waals surface area contributed by atoms with Gasteiger partial charge in [0.25, 0.3) is 0 Å². The van der Waals surface area contributed by atoms with Crippen molar-refractivity contribution in [2.75, 3.05) is 11.1 Å². The van der Waals surface area contributed by atoms with E-state index in [1.54, 1.807) is 12.3 Å². The third kappa shape index (κ3) is 4.00. The molecule has 5 nitrogen and oxygen atoms in total. The van der Waals surface area contributed by atoms with E-state index < -0.39 is 0 Å². The van der Waals surface area contributed by atoms with E-state index in [9.17, 15) is 5.26 Å². The van der Waals surface area contributed by atoms with E-state index >= 15 is 0 Å². The zero-order valence-electron chi connectivity index (χ0n) is 16.3. The van der Waals surface area contributed by atoms with Gasteiger partial charge >= 0.3 is 0 Å². The van der Waals surface area contributed by atoms with Gasteiger partial charge in [-0.05, 0) is 48.4 Å². The Morgan fingerprint density at radius 2 is 1.93 bits per heavy atom. The maximum absolute atomic E-state index is 9.55. The number of anilines is 3. The molecule has 0 aliphatic rings. The van der Waals surface area contributed by atoms with Crippen molar-refractivity contribution in [2.45, 2.75) is 13.5 Å². The van der Waals surface area contributed by atoms with Crippen LogP contribution in [0.25, 0.3) is 10.9 Å². The van der Waals surface area contributed by atoms with Crippen molar-refractivity contribution in [2.24, 2.45) is 0 Å². The van der Waals surface area contributed by atoms with Gasteiger partial charge in [-0.15, -0.1) is 0 Å². The van der Waals surface area contributed by atoms with Crippen LogP contribution in [0.4, 0.5) is 17.1 Å². The molecule has 6 heteroatoms. The van der Waals surface area contributed by atoms with Crippen molar-refractivity contribution in [3.05, 3.63) is 88.6 Å². The van der Waals surface area contributed by atoms with Crippen molar-refractivity contribution in [3.8, 4) is 11.8 Å². The molecular weight excluding hydrogens is 396 g/mol. The quantitative estimate of drug-likeness (QED) is 0.393. The average Bonchev–Trinajstić information content (AvgIpc) is 2.75. The number of nitriles is 1. The van der Waals surface area contributed by atoms with Crippen LogP contribution in [0.15, 0.2) is 66.9 Å². The first-order valence-corrected chi connectivity index (χ1v) is 9.75. The van der Waals surface area contributed by atoms with Crippen LogP contribution in [0.5, 0.6) is 5.75 Å². The lowest BCUT2D eigenvalue weighted by atomic mass is 10.1. The highest BCUT2D eigenvalue weighted by molar-refractivity contribution is 6.32. The van der Waals surface area contributed by atoms with Crippen molar-refractivity contribution < 1.29 is 4.74 Å². The number of nitrogens with two attached hydrogens (primary N) is 1. The topological polar surface area (TPSA) is 84.0 Å². The number of pyridine rings is 1. The fraction of sp³-hybridized carbons (Fsp3) is 0.0833. The minimum atomic E-state index is 0.422. The third-order valence-electron chi connectivity index (χ3n) is 4.81. The molecule has 0 amide bonds. The molecule has 0 spiro atoms. The zero-order chi connectivity index (χ0) is 21.1. The summed E-state index contributed by atoms with van der Waals surface area (Å²) < 4.78 is 5.83. The summed E-state index contributed by atoms with van der Waals surface area (Å²) in [5.41, 5.74) is 11.3. The molecule has 0 bridgehead atoms. The number of benzene rings is 3. The summed E-state index contributed by atoms with van der Waals surface area (Å²) in [5, 5.41) is 14.1. The van der Waals surface area contributed by atoms with Gasteiger partial charge < -0.3 is 15.8 Å². The Labute approximate surface area is 179 Å². The Balaban J connectivity index is 1.63. The van der Waals surface area contributed by atoms with E-state index in [4.69, 9.17) is 22.1 Å². The third-order valence-corrected chi connectivity index (χ3v) is 5.11. The van der Waals surface area contributed by atoms with E-state index in [0.717, 1.165) is 27.7 Å². The summed E-state index contributed by atoms with van der Waals surface area (Å²) in [5.74, 6) is 0.589. The highest BCUT2D eigenvalue weighted by atomic mass is 35.5. The Morgan fingerprint density at radius 3 is 2.67 bits per heavy atom. The highest BCUT2D eigenvalue weighted by Crippen LogP contribution is 2.34. The molecule has 0 radical (unpaired) electrons. The standard InChI is InChI=1S/C24H19ClN4O/c1-15-9-22-19(11-21(15)27)24(17(12-26)13-28-22)29-18-7-8-23(20(25)10-18)30-14-16-5-3-2-4-6-16/h2-11,13H,14,27H2,1H3,(H,28,29). The van der Waals surface area contributed by atoms with Gasteiger partial charge in [0, 0.05) is 23.0 Å². The molecule has 3 N–H and O–H groups in total. The van der Waals surface area contributed by atoms with Gasteiger partial charge in [-0.25, -0.2) is 0 Å². The van der Waals surface area contributed by atoms with E-state index in [-0.39, 0.29) is 0 Å². The van der Waals surface area contributed by atoms with Crippen LogP contribution in [0.2, 0.25) is 5.02 Å². The van der Waals surface area contributed by atoms with Gasteiger partial charge in [0.2, 0.25) is 0 Å². The molecule has 0 aliphatic carbocycles. The maximum Gasteiger partial charge on any atom is 0.138 e. The van der Waals surface area contributed by atoms with E-state index in [1.807, 2.05) is 61.5 Å². The molecular formula is C24H19ClN4O. The first kappa shape index (κ1) is 19.6. The van der Waals surface area contributed by atoms with Crippen LogP contribution in [0, 0.1) is 18.3 Å². The SMILES string of the molecule is Cc1cc2ncc(C#N)c(Nc3ccc(OCc4ccccc4)c(Cl)c3)c2cc1N. The predicted octanol–water partition coefficient (Wildman–Crippen LogP) is 5.97. The smallest absolute Gasteiger partial charge is 0.138 e. The Kier molecular flexibility index (Phi) is 5.42. The molecule has 1 heterocycles. The van der Waals surface area contributed by atoms with Gasteiger partial charge in [0.1, 0.15) is 18.4 Å². The number of aromatic nitrogens is 1. The molecule has 148 valence electrons. The first-order chi connectivity index (χ1) is 14.5. The van der Waals surface area contributed by atoms with Gasteiger partial charge in [-0.3, -0.25) is 4.98 Å². The second-order valence-electron chi connectivity index (χ2n) is 6.93. The number of hydrogen-bond acceptors (Lipinski definition) is 5. The number of nitrogens with zero attached hydrogens (tertiary/aromatic N) is 2. The van der Waals surface area contributed by atoms with Crippen LogP contribution >= 0.6 is 11.6 Å². The van der Waals surface area contributed by atoms with Crippen molar-refractivity contribution in [3.63, 3.8) is 0 Å². The highest BCUT2D eigenvalue weighted by Gasteiger charge is 2.12. The Bertz CT molecular complexity index is 1270. The minimum Gasteiger partial charge on any atom is -0.487 e. The van der Waals surface area contributed by atoms with Crippen LogP contribution in [-0.4, -0.2) is 4.98 Å². The largest absolute Gasteiger partial charge is 0.487 e. The molecule has 0 saturated carbocycles. The van der Waals surface area contributed by atoms with Crippen LogP contribution in [0.3, 0.4) is 0 Å². The monoisotopic (exact) mass is 414 g/mol. The minimum absolute atomic E-state index is 0.422. The fourth-order valence-corrected chi connectivity index (χ4v) is 3.39. The summed E-state index contributed by atoms with van der Waals surface area (Å²) in [6.45, 7) is 2.36. The number of fused-ring (bicyclic) bond motifs is 1. The molecule has 30 heavy (non-hydrogen) atoms. The number of rotatable bonds is 5. The van der Waals surface area contributed by atoms with E-state index in [2.05, 4.69) is 16.4 Å². The van der Waals surface area contributed by atoms with Gasteiger partial charge in [-0.1, -0.05) is 41.9 Å².